The van der Waals surface area contributed by atoms with Crippen molar-refractivity contribution in [3.05, 3.63) is 29.8 Å². The normalized spacial score (nSPS) is 23.1. The fraction of sp³-hybridized carbons (Fsp3) is 0.500. The molecule has 2 N–H and O–H groups in total. The number of benzene rings is 1. The van der Waals surface area contributed by atoms with Gasteiger partial charge < -0.3 is 15.3 Å². The number of carbonyl (C=O) groups is 2. The second-order valence-electron chi connectivity index (χ2n) is 6.62. The van der Waals surface area contributed by atoms with Gasteiger partial charge >= 0.3 is 0 Å². The average molecular weight is 290 g/mol. The van der Waals surface area contributed by atoms with E-state index in [9.17, 15) is 14.7 Å². The second-order valence-corrected chi connectivity index (χ2v) is 6.62. The van der Waals surface area contributed by atoms with Gasteiger partial charge in [-0.05, 0) is 30.0 Å². The minimum absolute atomic E-state index is 0.0852. The summed E-state index contributed by atoms with van der Waals surface area (Å²) < 4.78 is 0. The maximum Gasteiger partial charge on any atom is 0.246 e. The zero-order valence-corrected chi connectivity index (χ0v) is 12.9. The zero-order chi connectivity index (χ0) is 15.8. The molecule has 0 aliphatic carbocycles. The number of piperazine rings is 1. The maximum atomic E-state index is 12.7. The SMILES string of the molecule is CC1C(=O)NC(C(C)(C)C)C(=O)N1Cc1cccc(O)c1. The molecule has 1 heterocycles. The van der Waals surface area contributed by atoms with E-state index in [-0.39, 0.29) is 23.0 Å². The topological polar surface area (TPSA) is 69.6 Å². The molecule has 1 fully saturated rings. The van der Waals surface area contributed by atoms with Crippen molar-refractivity contribution >= 4 is 11.8 Å². The Kier molecular flexibility index (Phi) is 3.94. The summed E-state index contributed by atoms with van der Waals surface area (Å²) in [6, 6.07) is 5.70. The van der Waals surface area contributed by atoms with E-state index in [1.54, 1.807) is 30.0 Å². The van der Waals surface area contributed by atoms with Gasteiger partial charge in [0.25, 0.3) is 0 Å². The van der Waals surface area contributed by atoms with Crippen molar-refractivity contribution in [2.75, 3.05) is 0 Å². The van der Waals surface area contributed by atoms with E-state index in [0.717, 1.165) is 5.56 Å². The average Bonchev–Trinajstić information content (AvgIpc) is 2.37. The molecule has 5 heteroatoms. The number of amides is 2. The molecule has 1 aliphatic rings. The lowest BCUT2D eigenvalue weighted by Gasteiger charge is -2.42. The number of hydrogen-bond donors (Lipinski definition) is 2. The van der Waals surface area contributed by atoms with Crippen LogP contribution in [0.1, 0.15) is 33.3 Å². The lowest BCUT2D eigenvalue weighted by Crippen LogP contribution is -2.65. The molecular formula is C16H22N2O3. The zero-order valence-electron chi connectivity index (χ0n) is 12.9. The molecule has 21 heavy (non-hydrogen) atoms. The molecule has 0 radical (unpaired) electrons. The lowest BCUT2D eigenvalue weighted by molar-refractivity contribution is -0.152. The van der Waals surface area contributed by atoms with Gasteiger partial charge in [0.05, 0.1) is 0 Å². The number of carbonyl (C=O) groups excluding carboxylic acids is 2. The van der Waals surface area contributed by atoms with E-state index in [0.29, 0.717) is 6.54 Å². The minimum Gasteiger partial charge on any atom is -0.508 e. The molecule has 1 aromatic rings. The first-order valence-electron chi connectivity index (χ1n) is 7.09. The predicted molar refractivity (Wildman–Crippen MR) is 79.5 cm³/mol. The fourth-order valence-corrected chi connectivity index (χ4v) is 2.48. The predicted octanol–water partition coefficient (Wildman–Crippen LogP) is 1.65. The van der Waals surface area contributed by atoms with Crippen LogP contribution in [0.2, 0.25) is 0 Å². The highest BCUT2D eigenvalue weighted by molar-refractivity contribution is 5.97. The number of nitrogens with one attached hydrogen (secondary N) is 1. The first kappa shape index (κ1) is 15.4. The van der Waals surface area contributed by atoms with Crippen LogP contribution >= 0.6 is 0 Å². The van der Waals surface area contributed by atoms with E-state index >= 15 is 0 Å². The van der Waals surface area contributed by atoms with E-state index in [1.165, 1.54) is 0 Å². The minimum atomic E-state index is -0.529. The largest absolute Gasteiger partial charge is 0.508 e. The molecule has 0 aromatic heterocycles. The highest BCUT2D eigenvalue weighted by Crippen LogP contribution is 2.26. The summed E-state index contributed by atoms with van der Waals surface area (Å²) in [4.78, 5) is 26.3. The molecular weight excluding hydrogens is 268 g/mol. The first-order chi connectivity index (χ1) is 9.70. The monoisotopic (exact) mass is 290 g/mol. The molecule has 2 unspecified atom stereocenters. The Morgan fingerprint density at radius 2 is 1.95 bits per heavy atom. The van der Waals surface area contributed by atoms with Crippen molar-refractivity contribution in [2.45, 2.75) is 46.3 Å². The molecule has 1 aromatic carbocycles. The number of hydrogen-bond acceptors (Lipinski definition) is 3. The first-order valence-corrected chi connectivity index (χ1v) is 7.09. The second kappa shape index (κ2) is 5.39. The van der Waals surface area contributed by atoms with Gasteiger partial charge in [-0.1, -0.05) is 32.9 Å². The third-order valence-electron chi connectivity index (χ3n) is 3.79. The Hall–Kier alpha value is -2.04. The van der Waals surface area contributed by atoms with Crippen LogP contribution in [0.3, 0.4) is 0 Å². The van der Waals surface area contributed by atoms with Gasteiger partial charge in [-0.15, -0.1) is 0 Å². The third-order valence-corrected chi connectivity index (χ3v) is 3.79. The summed E-state index contributed by atoms with van der Waals surface area (Å²) in [6.07, 6.45) is 0. The number of aromatic hydroxyl groups is 1. The fourth-order valence-electron chi connectivity index (χ4n) is 2.48. The van der Waals surface area contributed by atoms with Crippen molar-refractivity contribution in [1.82, 2.24) is 10.2 Å². The Labute approximate surface area is 125 Å². The summed E-state index contributed by atoms with van der Waals surface area (Å²) in [7, 11) is 0. The summed E-state index contributed by atoms with van der Waals surface area (Å²) in [5.41, 5.74) is 0.460. The molecule has 2 atom stereocenters. The highest BCUT2D eigenvalue weighted by atomic mass is 16.3. The van der Waals surface area contributed by atoms with Crippen molar-refractivity contribution in [2.24, 2.45) is 5.41 Å². The van der Waals surface area contributed by atoms with Crippen LogP contribution in [0.25, 0.3) is 0 Å². The van der Waals surface area contributed by atoms with Crippen LogP contribution < -0.4 is 5.32 Å². The summed E-state index contributed by atoms with van der Waals surface area (Å²) in [5.74, 6) is -0.0749. The molecule has 1 aliphatic heterocycles. The smallest absolute Gasteiger partial charge is 0.246 e. The van der Waals surface area contributed by atoms with E-state index in [2.05, 4.69) is 5.32 Å². The molecule has 1 saturated heterocycles. The molecule has 114 valence electrons. The quantitative estimate of drug-likeness (QED) is 0.870. The Morgan fingerprint density at radius 3 is 2.52 bits per heavy atom. The number of phenols is 1. The Balaban J connectivity index is 2.27. The van der Waals surface area contributed by atoms with Gasteiger partial charge in [0.1, 0.15) is 17.8 Å². The lowest BCUT2D eigenvalue weighted by atomic mass is 9.84. The Morgan fingerprint density at radius 1 is 1.29 bits per heavy atom. The summed E-state index contributed by atoms with van der Waals surface area (Å²) in [5, 5.41) is 12.3. The van der Waals surface area contributed by atoms with Crippen LogP contribution in [0, 0.1) is 5.41 Å². The highest BCUT2D eigenvalue weighted by Gasteiger charge is 2.43. The standard InChI is InChI=1S/C16H22N2O3/c1-10-14(20)17-13(16(2,3)4)15(21)18(10)9-11-6-5-7-12(19)8-11/h5-8,10,13,19H,9H2,1-4H3,(H,17,20). The molecule has 0 bridgehead atoms. The van der Waals surface area contributed by atoms with Crippen LogP contribution in [0.4, 0.5) is 0 Å². The van der Waals surface area contributed by atoms with Crippen LogP contribution in [0.15, 0.2) is 24.3 Å². The van der Waals surface area contributed by atoms with E-state index in [1.807, 2.05) is 26.8 Å². The van der Waals surface area contributed by atoms with Crippen LogP contribution in [0.5, 0.6) is 5.75 Å². The summed E-state index contributed by atoms with van der Waals surface area (Å²) in [6.45, 7) is 7.82. The van der Waals surface area contributed by atoms with E-state index in [4.69, 9.17) is 0 Å². The van der Waals surface area contributed by atoms with Crippen LogP contribution in [-0.2, 0) is 16.1 Å². The molecule has 5 nitrogen and oxygen atoms in total. The number of rotatable bonds is 2. The van der Waals surface area contributed by atoms with Crippen LogP contribution in [-0.4, -0.2) is 33.9 Å². The van der Waals surface area contributed by atoms with Gasteiger partial charge in [0.2, 0.25) is 11.8 Å². The molecule has 0 saturated carbocycles. The third kappa shape index (κ3) is 3.17. The molecule has 2 rings (SSSR count). The molecule has 2 amide bonds. The number of phenolic OH excluding ortho intramolecular Hbond substituents is 1. The van der Waals surface area contributed by atoms with Gasteiger partial charge in [0, 0.05) is 6.54 Å². The van der Waals surface area contributed by atoms with Gasteiger partial charge in [-0.3, -0.25) is 9.59 Å². The Bertz CT molecular complexity index is 563. The summed E-state index contributed by atoms with van der Waals surface area (Å²) >= 11 is 0. The van der Waals surface area contributed by atoms with Crippen molar-refractivity contribution in [3.63, 3.8) is 0 Å². The van der Waals surface area contributed by atoms with Gasteiger partial charge in [-0.2, -0.15) is 0 Å². The van der Waals surface area contributed by atoms with Crippen molar-refractivity contribution in [3.8, 4) is 5.75 Å². The maximum absolute atomic E-state index is 12.7. The van der Waals surface area contributed by atoms with Crippen molar-refractivity contribution in [1.29, 1.82) is 0 Å². The van der Waals surface area contributed by atoms with E-state index < -0.39 is 12.1 Å². The van der Waals surface area contributed by atoms with Crippen molar-refractivity contribution < 1.29 is 14.7 Å². The molecule has 0 spiro atoms. The number of nitrogens with zero attached hydrogens (tertiary/aromatic N) is 1. The van der Waals surface area contributed by atoms with Gasteiger partial charge in [0.15, 0.2) is 0 Å². The van der Waals surface area contributed by atoms with Gasteiger partial charge in [-0.25, -0.2) is 0 Å².